The van der Waals surface area contributed by atoms with Gasteiger partial charge in [-0.15, -0.1) is 0 Å². The quantitative estimate of drug-likeness (QED) is 0.777. The van der Waals surface area contributed by atoms with Crippen LogP contribution in [0, 0.1) is 6.92 Å². The van der Waals surface area contributed by atoms with Crippen LogP contribution >= 0.6 is 0 Å². The van der Waals surface area contributed by atoms with Gasteiger partial charge in [0.05, 0.1) is 11.7 Å². The Balaban J connectivity index is 1.73. The van der Waals surface area contributed by atoms with Gasteiger partial charge >= 0.3 is 0 Å². The van der Waals surface area contributed by atoms with Crippen molar-refractivity contribution in [2.75, 3.05) is 0 Å². The van der Waals surface area contributed by atoms with Crippen molar-refractivity contribution < 1.29 is 4.79 Å². The highest BCUT2D eigenvalue weighted by molar-refractivity contribution is 5.93. The third-order valence-electron chi connectivity index (χ3n) is 3.69. The van der Waals surface area contributed by atoms with Gasteiger partial charge in [-0.25, -0.2) is 0 Å². The fourth-order valence-corrected chi connectivity index (χ4v) is 2.41. The van der Waals surface area contributed by atoms with Crippen LogP contribution in [0.15, 0.2) is 54.9 Å². The molecule has 0 fully saturated rings. The second kappa shape index (κ2) is 6.44. The van der Waals surface area contributed by atoms with Crippen molar-refractivity contribution in [2.24, 2.45) is 0 Å². The highest BCUT2D eigenvalue weighted by Gasteiger charge is 2.14. The number of pyridine rings is 1. The predicted molar refractivity (Wildman–Crippen MR) is 88.9 cm³/mol. The van der Waals surface area contributed by atoms with Crippen LogP contribution in [-0.2, 0) is 0 Å². The summed E-state index contributed by atoms with van der Waals surface area (Å²) in [4.78, 5) is 16.3. The Bertz CT molecular complexity index is 811. The summed E-state index contributed by atoms with van der Waals surface area (Å²) in [5, 5.41) is 9.96. The Labute approximate surface area is 134 Å². The number of aromatic nitrogens is 3. The van der Waals surface area contributed by atoms with Crippen LogP contribution < -0.4 is 5.32 Å². The van der Waals surface area contributed by atoms with Crippen LogP contribution in [-0.4, -0.2) is 21.1 Å². The maximum atomic E-state index is 12.4. The number of aryl methyl sites for hydroxylation is 1. The van der Waals surface area contributed by atoms with Crippen molar-refractivity contribution in [2.45, 2.75) is 19.9 Å². The van der Waals surface area contributed by atoms with Gasteiger partial charge in [0.2, 0.25) is 0 Å². The first-order chi connectivity index (χ1) is 11.1. The van der Waals surface area contributed by atoms with E-state index in [2.05, 4.69) is 26.6 Å². The van der Waals surface area contributed by atoms with E-state index in [1.54, 1.807) is 18.5 Å². The second-order valence-electron chi connectivity index (χ2n) is 5.51. The van der Waals surface area contributed by atoms with E-state index in [1.165, 1.54) is 5.56 Å². The van der Waals surface area contributed by atoms with Crippen molar-refractivity contribution >= 4 is 5.91 Å². The molecule has 1 aromatic carbocycles. The monoisotopic (exact) mass is 306 g/mol. The largest absolute Gasteiger partial charge is 0.344 e. The third kappa shape index (κ3) is 3.45. The van der Waals surface area contributed by atoms with Crippen molar-refractivity contribution in [1.29, 1.82) is 0 Å². The molecular weight excluding hydrogens is 288 g/mol. The fourth-order valence-electron chi connectivity index (χ4n) is 2.41. The van der Waals surface area contributed by atoms with E-state index in [9.17, 15) is 4.79 Å². The molecule has 0 spiro atoms. The number of hydrogen-bond donors (Lipinski definition) is 2. The predicted octanol–water partition coefficient (Wildman–Crippen LogP) is 3.27. The SMILES string of the molecule is Cc1cccc([C@@H](C)NC(=O)c2cc(-c3ccncc3)n[nH]2)c1. The molecule has 0 saturated heterocycles. The van der Waals surface area contributed by atoms with Gasteiger partial charge in [0.15, 0.2) is 0 Å². The lowest BCUT2D eigenvalue weighted by molar-refractivity contribution is 0.0935. The summed E-state index contributed by atoms with van der Waals surface area (Å²) in [6, 6.07) is 13.5. The molecule has 0 unspecified atom stereocenters. The number of nitrogens with zero attached hydrogens (tertiary/aromatic N) is 2. The van der Waals surface area contributed by atoms with Crippen molar-refractivity contribution in [1.82, 2.24) is 20.5 Å². The standard InChI is InChI=1S/C18H18N4O/c1-12-4-3-5-15(10-12)13(2)20-18(23)17-11-16(21-22-17)14-6-8-19-9-7-14/h3-11,13H,1-2H3,(H,20,23)(H,21,22)/t13-/m1/s1. The minimum absolute atomic E-state index is 0.0740. The average Bonchev–Trinajstić information content (AvgIpc) is 3.06. The van der Waals surface area contributed by atoms with Gasteiger partial charge in [0.25, 0.3) is 5.91 Å². The molecule has 0 aliphatic heterocycles. The Morgan fingerprint density at radius 2 is 1.96 bits per heavy atom. The smallest absolute Gasteiger partial charge is 0.269 e. The first-order valence-electron chi connectivity index (χ1n) is 7.47. The number of benzene rings is 1. The molecule has 0 saturated carbocycles. The number of amides is 1. The van der Waals surface area contributed by atoms with Crippen LogP contribution in [0.1, 0.15) is 34.6 Å². The molecule has 23 heavy (non-hydrogen) atoms. The first kappa shape index (κ1) is 15.0. The first-order valence-corrected chi connectivity index (χ1v) is 7.47. The summed E-state index contributed by atoms with van der Waals surface area (Å²) in [6.45, 7) is 4.00. The van der Waals surface area contributed by atoms with E-state index < -0.39 is 0 Å². The highest BCUT2D eigenvalue weighted by Crippen LogP contribution is 2.18. The van der Waals surface area contributed by atoms with E-state index in [1.807, 2.05) is 44.2 Å². The molecule has 2 N–H and O–H groups in total. The zero-order chi connectivity index (χ0) is 16.2. The normalized spacial score (nSPS) is 11.9. The summed E-state index contributed by atoms with van der Waals surface area (Å²) in [5.41, 5.74) is 4.33. The molecular formula is C18H18N4O. The van der Waals surface area contributed by atoms with Crippen LogP contribution in [0.5, 0.6) is 0 Å². The van der Waals surface area contributed by atoms with Crippen LogP contribution in [0.4, 0.5) is 0 Å². The number of rotatable bonds is 4. The van der Waals surface area contributed by atoms with Gasteiger partial charge in [0.1, 0.15) is 5.69 Å². The molecule has 0 aliphatic rings. The molecule has 2 heterocycles. The summed E-state index contributed by atoms with van der Waals surface area (Å²) in [6.07, 6.45) is 3.40. The lowest BCUT2D eigenvalue weighted by atomic mass is 10.1. The number of aromatic amines is 1. The number of carbonyl (C=O) groups excluding carboxylic acids is 1. The second-order valence-corrected chi connectivity index (χ2v) is 5.51. The van der Waals surface area contributed by atoms with Crippen LogP contribution in [0.2, 0.25) is 0 Å². The average molecular weight is 306 g/mol. The molecule has 0 aliphatic carbocycles. The number of hydrogen-bond acceptors (Lipinski definition) is 3. The van der Waals surface area contributed by atoms with E-state index in [4.69, 9.17) is 0 Å². The minimum atomic E-state index is -0.174. The molecule has 3 rings (SSSR count). The maximum absolute atomic E-state index is 12.4. The van der Waals surface area contributed by atoms with Gasteiger partial charge in [-0.1, -0.05) is 29.8 Å². The number of nitrogens with one attached hydrogen (secondary N) is 2. The van der Waals surface area contributed by atoms with E-state index in [-0.39, 0.29) is 11.9 Å². The van der Waals surface area contributed by atoms with Gasteiger partial charge in [-0.3, -0.25) is 14.9 Å². The number of carbonyl (C=O) groups is 1. The lowest BCUT2D eigenvalue weighted by Gasteiger charge is -2.14. The summed E-state index contributed by atoms with van der Waals surface area (Å²) < 4.78 is 0. The minimum Gasteiger partial charge on any atom is -0.344 e. The van der Waals surface area contributed by atoms with Gasteiger partial charge < -0.3 is 5.32 Å². The summed E-state index contributed by atoms with van der Waals surface area (Å²) >= 11 is 0. The van der Waals surface area contributed by atoms with Gasteiger partial charge in [-0.2, -0.15) is 5.10 Å². The Hall–Kier alpha value is -2.95. The number of H-pyrrole nitrogens is 1. The molecule has 1 atom stereocenters. The van der Waals surface area contributed by atoms with Crippen molar-refractivity contribution in [3.63, 3.8) is 0 Å². The van der Waals surface area contributed by atoms with E-state index in [0.717, 1.165) is 16.8 Å². The fraction of sp³-hybridized carbons (Fsp3) is 0.167. The molecule has 0 bridgehead atoms. The molecule has 1 amide bonds. The van der Waals surface area contributed by atoms with Crippen LogP contribution in [0.3, 0.4) is 0 Å². The van der Waals surface area contributed by atoms with Crippen molar-refractivity contribution in [3.05, 3.63) is 71.7 Å². The topological polar surface area (TPSA) is 70.7 Å². The highest BCUT2D eigenvalue weighted by atomic mass is 16.2. The van der Waals surface area contributed by atoms with Crippen LogP contribution in [0.25, 0.3) is 11.3 Å². The third-order valence-corrected chi connectivity index (χ3v) is 3.69. The molecule has 5 heteroatoms. The van der Waals surface area contributed by atoms with Gasteiger partial charge in [-0.05, 0) is 37.6 Å². The van der Waals surface area contributed by atoms with E-state index in [0.29, 0.717) is 5.69 Å². The molecule has 5 nitrogen and oxygen atoms in total. The Morgan fingerprint density at radius 1 is 1.17 bits per heavy atom. The lowest BCUT2D eigenvalue weighted by Crippen LogP contribution is -2.26. The van der Waals surface area contributed by atoms with Gasteiger partial charge in [0, 0.05) is 18.0 Å². The summed E-state index contributed by atoms with van der Waals surface area (Å²) in [5.74, 6) is -0.174. The van der Waals surface area contributed by atoms with Crippen molar-refractivity contribution in [3.8, 4) is 11.3 Å². The maximum Gasteiger partial charge on any atom is 0.269 e. The summed E-state index contributed by atoms with van der Waals surface area (Å²) in [7, 11) is 0. The molecule has 116 valence electrons. The molecule has 0 radical (unpaired) electrons. The zero-order valence-corrected chi connectivity index (χ0v) is 13.1. The Morgan fingerprint density at radius 3 is 2.70 bits per heavy atom. The zero-order valence-electron chi connectivity index (χ0n) is 13.1. The molecule has 2 aromatic heterocycles. The van der Waals surface area contributed by atoms with E-state index >= 15 is 0 Å². The molecule has 3 aromatic rings. The Kier molecular flexibility index (Phi) is 4.19.